The van der Waals surface area contributed by atoms with E-state index in [0.717, 1.165) is 55.0 Å². The number of rotatable bonds is 6. The number of aliphatic imine (C=N–C) groups is 2. The molecule has 0 amide bonds. The van der Waals surface area contributed by atoms with Crippen LogP contribution in [0.15, 0.2) is 27.9 Å². The molecule has 0 atom stereocenters. The van der Waals surface area contributed by atoms with E-state index in [9.17, 15) is 13.2 Å². The van der Waals surface area contributed by atoms with Crippen molar-refractivity contribution in [1.29, 1.82) is 0 Å². The van der Waals surface area contributed by atoms with Crippen molar-refractivity contribution < 1.29 is 17.9 Å². The number of nitrogens with zero attached hydrogens (tertiary/aromatic N) is 4. The van der Waals surface area contributed by atoms with Crippen molar-refractivity contribution in [1.82, 2.24) is 14.9 Å². The zero-order valence-electron chi connectivity index (χ0n) is 16.7. The number of hydrogen-bond acceptors (Lipinski definition) is 6. The minimum atomic E-state index is -4.26. The Hall–Kier alpha value is -2.17. The van der Waals surface area contributed by atoms with E-state index in [1.54, 1.807) is 6.34 Å². The van der Waals surface area contributed by atoms with Crippen LogP contribution in [0, 0.1) is 11.8 Å². The van der Waals surface area contributed by atoms with Crippen molar-refractivity contribution in [2.45, 2.75) is 38.0 Å². The van der Waals surface area contributed by atoms with E-state index in [1.165, 1.54) is 5.01 Å². The molecule has 1 aromatic heterocycles. The van der Waals surface area contributed by atoms with Crippen LogP contribution in [-0.2, 0) is 4.74 Å². The Morgan fingerprint density at radius 3 is 2.70 bits per heavy atom. The van der Waals surface area contributed by atoms with E-state index < -0.39 is 12.8 Å². The fourth-order valence-electron chi connectivity index (χ4n) is 4.62. The van der Waals surface area contributed by atoms with Crippen LogP contribution in [0.5, 0.6) is 0 Å². The molecule has 3 N–H and O–H groups in total. The van der Waals surface area contributed by atoms with E-state index in [-0.39, 0.29) is 12.0 Å². The second kappa shape index (κ2) is 8.52. The molecule has 7 nitrogen and oxygen atoms in total. The summed E-state index contributed by atoms with van der Waals surface area (Å²) in [4.78, 5) is 13.9. The highest BCUT2D eigenvalue weighted by Crippen LogP contribution is 2.40. The molecule has 1 saturated carbocycles. The Balaban J connectivity index is 1.30. The van der Waals surface area contributed by atoms with Crippen LogP contribution >= 0.6 is 0 Å². The van der Waals surface area contributed by atoms with Crippen LogP contribution in [0.3, 0.4) is 0 Å². The van der Waals surface area contributed by atoms with Crippen molar-refractivity contribution >= 4 is 24.6 Å². The third kappa shape index (κ3) is 4.60. The highest BCUT2D eigenvalue weighted by molar-refractivity contribution is 5.87. The van der Waals surface area contributed by atoms with Gasteiger partial charge in [0.1, 0.15) is 18.8 Å². The third-order valence-corrected chi connectivity index (χ3v) is 6.12. The summed E-state index contributed by atoms with van der Waals surface area (Å²) in [5.74, 6) is 7.72. The Kier molecular flexibility index (Phi) is 5.99. The predicted molar refractivity (Wildman–Crippen MR) is 109 cm³/mol. The quantitative estimate of drug-likeness (QED) is 0.542. The molecule has 0 aromatic carbocycles. The molecule has 1 aliphatic carbocycles. The van der Waals surface area contributed by atoms with Gasteiger partial charge in [0.25, 0.3) is 0 Å². The average molecular weight is 424 g/mol. The molecule has 3 heterocycles. The van der Waals surface area contributed by atoms with Gasteiger partial charge in [0, 0.05) is 37.3 Å². The molecule has 0 spiro atoms. The number of aromatic amines is 1. The number of hydrogen-bond donors (Lipinski definition) is 2. The molecule has 1 aromatic rings. The average Bonchev–Trinajstić information content (AvgIpc) is 3.14. The molecule has 4 rings (SSSR count). The summed E-state index contributed by atoms with van der Waals surface area (Å²) in [5.41, 5.74) is 2.66. The first kappa shape index (κ1) is 21.1. The summed E-state index contributed by atoms with van der Waals surface area (Å²) in [6.07, 6.45) is 2.89. The van der Waals surface area contributed by atoms with Gasteiger partial charge >= 0.3 is 6.18 Å². The van der Waals surface area contributed by atoms with Crippen LogP contribution in [0.2, 0.25) is 0 Å². The van der Waals surface area contributed by atoms with Crippen molar-refractivity contribution in [2.24, 2.45) is 27.7 Å². The zero-order valence-corrected chi connectivity index (χ0v) is 16.7. The highest BCUT2D eigenvalue weighted by Gasteiger charge is 2.36. The lowest BCUT2D eigenvalue weighted by molar-refractivity contribution is -0.199. The van der Waals surface area contributed by atoms with Gasteiger partial charge in [-0.25, -0.2) is 10.8 Å². The van der Waals surface area contributed by atoms with E-state index in [4.69, 9.17) is 10.6 Å². The molecular formula is C20H27F3N6O. The number of nitrogens with one attached hydrogen (secondary N) is 1. The van der Waals surface area contributed by atoms with Gasteiger partial charge in [-0.3, -0.25) is 14.9 Å². The molecule has 30 heavy (non-hydrogen) atoms. The molecule has 0 bridgehead atoms. The number of allylic oxidation sites excluding steroid dienone is 1. The number of hydrazine groups is 1. The first-order valence-electron chi connectivity index (χ1n) is 10.2. The molecule has 2 fully saturated rings. The Bertz CT molecular complexity index is 819. The maximum absolute atomic E-state index is 12.2. The number of H-pyrrole nitrogens is 1. The normalized spacial score (nSPS) is 27.0. The highest BCUT2D eigenvalue weighted by atomic mass is 19.4. The maximum atomic E-state index is 12.2. The zero-order chi connectivity index (χ0) is 21.3. The SMILES string of the molecule is C=N/C(=C1/c2cc[nH]c2N=CN1N)C1CCC(CN2CC(OCC(F)(F)F)C2)CC1. The fourth-order valence-corrected chi connectivity index (χ4v) is 4.62. The molecule has 10 heteroatoms. The Morgan fingerprint density at radius 2 is 2.03 bits per heavy atom. The summed E-state index contributed by atoms with van der Waals surface area (Å²) < 4.78 is 41.6. The lowest BCUT2D eigenvalue weighted by Gasteiger charge is -2.42. The third-order valence-electron chi connectivity index (χ3n) is 6.12. The van der Waals surface area contributed by atoms with E-state index in [0.29, 0.717) is 19.0 Å². The second-order valence-electron chi connectivity index (χ2n) is 8.27. The van der Waals surface area contributed by atoms with Crippen LogP contribution in [0.4, 0.5) is 19.0 Å². The van der Waals surface area contributed by atoms with Gasteiger partial charge < -0.3 is 9.72 Å². The van der Waals surface area contributed by atoms with Gasteiger partial charge in [-0.1, -0.05) is 0 Å². The topological polar surface area (TPSA) is 82.2 Å². The second-order valence-corrected chi connectivity index (χ2v) is 8.27. The van der Waals surface area contributed by atoms with E-state index in [1.807, 2.05) is 12.3 Å². The molecule has 164 valence electrons. The number of alkyl halides is 3. The Labute approximate surface area is 173 Å². The van der Waals surface area contributed by atoms with Gasteiger partial charge in [-0.15, -0.1) is 0 Å². The number of halogens is 3. The molecule has 2 aliphatic heterocycles. The molecule has 0 radical (unpaired) electrons. The van der Waals surface area contributed by atoms with Gasteiger partial charge in [0.05, 0.1) is 17.5 Å². The largest absolute Gasteiger partial charge is 0.411 e. The van der Waals surface area contributed by atoms with Gasteiger partial charge in [-0.2, -0.15) is 13.2 Å². The van der Waals surface area contributed by atoms with Crippen molar-refractivity contribution in [3.05, 3.63) is 23.5 Å². The van der Waals surface area contributed by atoms with Crippen LogP contribution in [-0.4, -0.2) is 66.5 Å². The lowest BCUT2D eigenvalue weighted by Crippen LogP contribution is -2.54. The number of aromatic nitrogens is 1. The van der Waals surface area contributed by atoms with Crippen LogP contribution in [0.1, 0.15) is 31.2 Å². The van der Waals surface area contributed by atoms with Crippen LogP contribution < -0.4 is 5.84 Å². The maximum Gasteiger partial charge on any atom is 0.411 e. The first-order chi connectivity index (χ1) is 14.3. The standard InChI is InChI=1S/C20H27F3N6O/c1-25-17(18-16-6-7-26-19(16)27-12-29(18)24)14-4-2-13(3-5-14)8-28-9-15(10-28)30-11-20(21,22)23/h6-7,12-15,26H,1-5,8-11,24H2/b18-17-. The number of ether oxygens (including phenoxy) is 1. The van der Waals surface area contributed by atoms with E-state index >= 15 is 0 Å². The van der Waals surface area contributed by atoms with Crippen LogP contribution in [0.25, 0.3) is 5.70 Å². The molecule has 0 unspecified atom stereocenters. The smallest absolute Gasteiger partial charge is 0.366 e. The molecular weight excluding hydrogens is 397 g/mol. The summed E-state index contributed by atoms with van der Waals surface area (Å²) in [6, 6.07) is 1.94. The molecule has 1 saturated heterocycles. The summed E-state index contributed by atoms with van der Waals surface area (Å²) in [7, 11) is 0. The fraction of sp³-hybridized carbons (Fsp3) is 0.600. The van der Waals surface area contributed by atoms with Gasteiger partial charge in [0.2, 0.25) is 0 Å². The summed E-state index contributed by atoms with van der Waals surface area (Å²) in [6.45, 7) is 4.70. The number of nitrogens with two attached hydrogens (primary N) is 1. The minimum Gasteiger partial charge on any atom is -0.366 e. The van der Waals surface area contributed by atoms with Crippen molar-refractivity contribution in [3.63, 3.8) is 0 Å². The minimum absolute atomic E-state index is 0.272. The monoisotopic (exact) mass is 424 g/mol. The predicted octanol–water partition coefficient (Wildman–Crippen LogP) is 3.30. The van der Waals surface area contributed by atoms with Crippen molar-refractivity contribution in [2.75, 3.05) is 26.2 Å². The first-order valence-corrected chi connectivity index (χ1v) is 10.2. The number of fused-ring (bicyclic) bond motifs is 1. The van der Waals surface area contributed by atoms with Gasteiger partial charge in [0.15, 0.2) is 0 Å². The molecule has 3 aliphatic rings. The van der Waals surface area contributed by atoms with Gasteiger partial charge in [-0.05, 0) is 44.4 Å². The Morgan fingerprint density at radius 1 is 1.30 bits per heavy atom. The van der Waals surface area contributed by atoms with Crippen molar-refractivity contribution in [3.8, 4) is 0 Å². The van der Waals surface area contributed by atoms with E-state index in [2.05, 4.69) is 26.6 Å². The lowest BCUT2D eigenvalue weighted by atomic mass is 9.79. The summed E-state index contributed by atoms with van der Waals surface area (Å²) >= 11 is 0. The number of likely N-dealkylation sites (tertiary alicyclic amines) is 1. The summed E-state index contributed by atoms with van der Waals surface area (Å²) in [5, 5.41) is 1.51.